The molecular formula is C15H11N3O8. The van der Waals surface area contributed by atoms with E-state index in [4.69, 9.17) is 4.74 Å². The third-order valence-corrected chi connectivity index (χ3v) is 3.39. The van der Waals surface area contributed by atoms with E-state index in [0.717, 1.165) is 6.08 Å². The lowest BCUT2D eigenvalue weighted by Gasteiger charge is -2.04. The van der Waals surface area contributed by atoms with Gasteiger partial charge in [0.1, 0.15) is 17.1 Å². The van der Waals surface area contributed by atoms with E-state index in [2.05, 4.69) is 0 Å². The highest BCUT2D eigenvalue weighted by Gasteiger charge is 2.29. The molecule has 2 rings (SSSR count). The van der Waals surface area contributed by atoms with Gasteiger partial charge in [-0.3, -0.25) is 30.3 Å². The average molecular weight is 361 g/mol. The van der Waals surface area contributed by atoms with Crippen molar-refractivity contribution in [2.45, 2.75) is 0 Å². The minimum absolute atomic E-state index is 0.216. The molecule has 0 aliphatic heterocycles. The molecule has 0 atom stereocenters. The number of nitrogens with zero attached hydrogens (tertiary/aromatic N) is 3. The van der Waals surface area contributed by atoms with Gasteiger partial charge < -0.3 is 9.84 Å². The Hall–Kier alpha value is -4.02. The molecule has 0 amide bonds. The Morgan fingerprint density at radius 2 is 1.46 bits per heavy atom. The summed E-state index contributed by atoms with van der Waals surface area (Å²) in [6, 6.07) is 7.10. The lowest BCUT2D eigenvalue weighted by atomic mass is 10.1. The minimum atomic E-state index is -0.993. The van der Waals surface area contributed by atoms with Crippen LogP contribution in [0.15, 0.2) is 36.4 Å². The maximum atomic E-state index is 11.2. The fourth-order valence-corrected chi connectivity index (χ4v) is 2.15. The molecule has 0 saturated carbocycles. The van der Waals surface area contributed by atoms with Crippen LogP contribution in [0.3, 0.4) is 0 Å². The van der Waals surface area contributed by atoms with Gasteiger partial charge in [-0.2, -0.15) is 0 Å². The van der Waals surface area contributed by atoms with E-state index in [1.54, 1.807) is 0 Å². The third-order valence-electron chi connectivity index (χ3n) is 3.39. The first-order chi connectivity index (χ1) is 12.2. The number of ether oxygens (including phenoxy) is 1. The van der Waals surface area contributed by atoms with E-state index < -0.39 is 43.2 Å². The van der Waals surface area contributed by atoms with E-state index >= 15 is 0 Å². The summed E-state index contributed by atoms with van der Waals surface area (Å²) in [4.78, 5) is 30.3. The SMILES string of the molecule is COc1ccc(/C(O)=C/c2c([N+](=O)[O-])cc([N+](=O)[O-])cc2[N+](=O)[O-])cc1. The van der Waals surface area contributed by atoms with Crippen LogP contribution >= 0.6 is 0 Å². The molecule has 0 aliphatic rings. The molecule has 26 heavy (non-hydrogen) atoms. The van der Waals surface area contributed by atoms with Crippen molar-refractivity contribution in [2.24, 2.45) is 0 Å². The van der Waals surface area contributed by atoms with Gasteiger partial charge in [0.2, 0.25) is 0 Å². The third kappa shape index (κ3) is 3.72. The molecule has 0 bridgehead atoms. The van der Waals surface area contributed by atoms with E-state index in [-0.39, 0.29) is 5.56 Å². The molecule has 11 heteroatoms. The minimum Gasteiger partial charge on any atom is -0.507 e. The van der Waals surface area contributed by atoms with Crippen molar-refractivity contribution in [3.63, 3.8) is 0 Å². The van der Waals surface area contributed by atoms with Crippen molar-refractivity contribution in [3.8, 4) is 5.75 Å². The predicted octanol–water partition coefficient (Wildman–Crippen LogP) is 3.48. The summed E-state index contributed by atoms with van der Waals surface area (Å²) in [5.74, 6) is 0.00144. The molecule has 0 heterocycles. The van der Waals surface area contributed by atoms with Crippen LogP contribution in [-0.4, -0.2) is 27.0 Å². The second-order valence-corrected chi connectivity index (χ2v) is 4.93. The standard InChI is InChI=1S/C15H11N3O8/c1-26-11-4-2-9(3-5-11)15(19)8-12-13(17(22)23)6-10(16(20)21)7-14(12)18(24)25/h2-8,19H,1H3/b15-8-. The van der Waals surface area contributed by atoms with Gasteiger partial charge in [-0.05, 0) is 24.3 Å². The fraction of sp³-hybridized carbons (Fsp3) is 0.0667. The Kier molecular flexibility index (Phi) is 5.11. The van der Waals surface area contributed by atoms with Gasteiger partial charge in [0, 0.05) is 11.6 Å². The first-order valence-corrected chi connectivity index (χ1v) is 6.91. The van der Waals surface area contributed by atoms with Crippen molar-refractivity contribution < 1.29 is 24.6 Å². The predicted molar refractivity (Wildman–Crippen MR) is 89.9 cm³/mol. The molecule has 11 nitrogen and oxygen atoms in total. The topological polar surface area (TPSA) is 159 Å². The number of methoxy groups -OCH3 is 1. The zero-order valence-corrected chi connectivity index (χ0v) is 13.2. The van der Waals surface area contributed by atoms with Crippen LogP contribution < -0.4 is 4.74 Å². The number of aliphatic hydroxyl groups excluding tert-OH is 1. The van der Waals surface area contributed by atoms with Crippen LogP contribution in [0.4, 0.5) is 17.1 Å². The normalized spacial score (nSPS) is 11.0. The summed E-state index contributed by atoms with van der Waals surface area (Å²) >= 11 is 0. The Labute approximate surface area is 145 Å². The summed E-state index contributed by atoms with van der Waals surface area (Å²) in [5.41, 5.74) is -2.88. The molecule has 1 N–H and O–H groups in total. The molecule has 0 spiro atoms. The molecule has 0 aromatic heterocycles. The Morgan fingerprint density at radius 1 is 0.962 bits per heavy atom. The smallest absolute Gasteiger partial charge is 0.290 e. The Balaban J connectivity index is 2.67. The number of benzene rings is 2. The largest absolute Gasteiger partial charge is 0.507 e. The van der Waals surface area contributed by atoms with Crippen LogP contribution in [0.1, 0.15) is 11.1 Å². The van der Waals surface area contributed by atoms with Crippen LogP contribution in [0.2, 0.25) is 0 Å². The molecule has 2 aromatic rings. The van der Waals surface area contributed by atoms with Gasteiger partial charge in [-0.1, -0.05) is 0 Å². The van der Waals surface area contributed by atoms with E-state index in [9.17, 15) is 35.4 Å². The highest BCUT2D eigenvalue weighted by Crippen LogP contribution is 2.36. The van der Waals surface area contributed by atoms with Crippen molar-refractivity contribution >= 4 is 28.9 Å². The molecule has 0 radical (unpaired) electrons. The van der Waals surface area contributed by atoms with Crippen molar-refractivity contribution in [2.75, 3.05) is 7.11 Å². The van der Waals surface area contributed by atoms with Crippen LogP contribution in [-0.2, 0) is 0 Å². The lowest BCUT2D eigenvalue weighted by molar-refractivity contribution is -0.403. The second-order valence-electron chi connectivity index (χ2n) is 4.93. The molecule has 2 aromatic carbocycles. The van der Waals surface area contributed by atoms with Gasteiger partial charge in [0.25, 0.3) is 17.1 Å². The van der Waals surface area contributed by atoms with E-state index in [1.807, 2.05) is 0 Å². The molecule has 0 aliphatic carbocycles. The summed E-state index contributed by atoms with van der Waals surface area (Å²) in [6.45, 7) is 0. The number of rotatable bonds is 6. The van der Waals surface area contributed by atoms with E-state index in [0.29, 0.717) is 17.9 Å². The second kappa shape index (κ2) is 7.25. The number of non-ortho nitro benzene ring substituents is 1. The maximum Gasteiger partial charge on any atom is 0.290 e. The zero-order valence-electron chi connectivity index (χ0n) is 13.2. The maximum absolute atomic E-state index is 11.2. The molecule has 0 saturated heterocycles. The Morgan fingerprint density at radius 3 is 1.85 bits per heavy atom. The van der Waals surface area contributed by atoms with Gasteiger partial charge in [-0.15, -0.1) is 0 Å². The van der Waals surface area contributed by atoms with Crippen molar-refractivity contribution in [1.82, 2.24) is 0 Å². The summed E-state index contributed by atoms with van der Waals surface area (Å²) < 4.78 is 4.96. The highest BCUT2D eigenvalue weighted by atomic mass is 16.6. The highest BCUT2D eigenvalue weighted by molar-refractivity contribution is 5.84. The van der Waals surface area contributed by atoms with Crippen LogP contribution in [0.5, 0.6) is 5.75 Å². The van der Waals surface area contributed by atoms with Gasteiger partial charge in [-0.25, -0.2) is 0 Å². The van der Waals surface area contributed by atoms with Crippen molar-refractivity contribution in [3.05, 3.63) is 77.9 Å². The Bertz CT molecular complexity index is 886. The lowest BCUT2D eigenvalue weighted by Crippen LogP contribution is -2.01. The van der Waals surface area contributed by atoms with Gasteiger partial charge in [0.05, 0.1) is 34.0 Å². The quantitative estimate of drug-likeness (QED) is 0.354. The number of nitro benzene ring substituents is 3. The van der Waals surface area contributed by atoms with Crippen LogP contribution in [0.25, 0.3) is 11.8 Å². The first-order valence-electron chi connectivity index (χ1n) is 6.91. The molecular weight excluding hydrogens is 350 g/mol. The number of nitro groups is 3. The summed E-state index contributed by atoms with van der Waals surface area (Å²) in [7, 11) is 1.44. The average Bonchev–Trinajstić information content (AvgIpc) is 2.61. The molecule has 0 unspecified atom stereocenters. The van der Waals surface area contributed by atoms with E-state index in [1.165, 1.54) is 31.4 Å². The number of hydrogen-bond donors (Lipinski definition) is 1. The van der Waals surface area contributed by atoms with Gasteiger partial charge >= 0.3 is 0 Å². The first kappa shape index (κ1) is 18.3. The van der Waals surface area contributed by atoms with Gasteiger partial charge in [0.15, 0.2) is 0 Å². The zero-order chi connectivity index (χ0) is 19.4. The van der Waals surface area contributed by atoms with Crippen LogP contribution in [0, 0.1) is 30.3 Å². The molecule has 0 fully saturated rings. The monoisotopic (exact) mass is 361 g/mol. The molecule has 134 valence electrons. The number of aliphatic hydroxyl groups is 1. The van der Waals surface area contributed by atoms with Crippen molar-refractivity contribution in [1.29, 1.82) is 0 Å². The summed E-state index contributed by atoms with van der Waals surface area (Å²) in [6.07, 6.45) is 0.821. The fourth-order valence-electron chi connectivity index (χ4n) is 2.15. The summed E-state index contributed by atoms with van der Waals surface area (Å²) in [5, 5.41) is 43.4. The number of hydrogen-bond acceptors (Lipinski definition) is 8.